The van der Waals surface area contributed by atoms with Crippen molar-refractivity contribution >= 4 is 11.9 Å². The Morgan fingerprint density at radius 3 is 2.50 bits per heavy atom. The molecule has 0 saturated heterocycles. The van der Waals surface area contributed by atoms with Crippen LogP contribution in [0.25, 0.3) is 0 Å². The van der Waals surface area contributed by atoms with Gasteiger partial charge in [-0.05, 0) is 6.07 Å². The number of hydroxylamine groups is 2. The molecule has 0 bridgehead atoms. The van der Waals surface area contributed by atoms with Crippen LogP contribution in [0.5, 0.6) is 0 Å². The number of amides is 1. The molecule has 20 heavy (non-hydrogen) atoms. The Kier molecular flexibility index (Phi) is 5.15. The molecule has 8 heteroatoms. The van der Waals surface area contributed by atoms with Crippen LogP contribution in [-0.2, 0) is 21.0 Å². The summed E-state index contributed by atoms with van der Waals surface area (Å²) in [5.41, 5.74) is -0.0372. The Balaban J connectivity index is 2.89. The van der Waals surface area contributed by atoms with Crippen molar-refractivity contribution < 1.29 is 33.4 Å². The van der Waals surface area contributed by atoms with Crippen molar-refractivity contribution in [2.24, 2.45) is 0 Å². The highest BCUT2D eigenvalue weighted by Crippen LogP contribution is 2.13. The van der Waals surface area contributed by atoms with Crippen molar-refractivity contribution in [2.75, 3.05) is 7.11 Å². The number of rotatable bonds is 5. The Morgan fingerprint density at radius 1 is 1.35 bits per heavy atom. The topological polar surface area (TPSA) is 87.1 Å². The number of hydrogen-bond donors (Lipinski definition) is 2. The second-order valence-corrected chi connectivity index (χ2v) is 3.63. The molecule has 0 aliphatic carbocycles. The maximum atomic E-state index is 13.4. The van der Waals surface area contributed by atoms with E-state index in [0.717, 1.165) is 19.2 Å². The largest absolute Gasteiger partial charge is 0.502 e. The zero-order valence-corrected chi connectivity index (χ0v) is 10.3. The summed E-state index contributed by atoms with van der Waals surface area (Å²) in [6.45, 7) is -0.384. The summed E-state index contributed by atoms with van der Waals surface area (Å²) in [4.78, 5) is 26.6. The second kappa shape index (κ2) is 6.62. The lowest BCUT2D eigenvalue weighted by Crippen LogP contribution is -2.29. The van der Waals surface area contributed by atoms with Gasteiger partial charge in [0, 0.05) is 11.6 Å². The third-order valence-electron chi connectivity index (χ3n) is 2.27. The molecular formula is C12H11F2NO5. The lowest BCUT2D eigenvalue weighted by atomic mass is 10.2. The molecule has 2 N–H and O–H groups in total. The molecular weight excluding hydrogens is 276 g/mol. The summed E-state index contributed by atoms with van der Waals surface area (Å²) >= 11 is 0. The summed E-state index contributed by atoms with van der Waals surface area (Å²) in [5.74, 6) is -5.54. The highest BCUT2D eigenvalue weighted by Gasteiger charge is 2.17. The number of aliphatic hydroxyl groups is 1. The van der Waals surface area contributed by atoms with E-state index in [-0.39, 0.29) is 12.1 Å². The standard InChI is InChI=1S/C12H11F2NO5/c1-20-15(11(17)5-10(16)12(18)19)6-7-2-3-8(13)4-9(7)14/h2-5,16H,6H2,1H3,(H,18,19). The third-order valence-corrected chi connectivity index (χ3v) is 2.27. The Morgan fingerprint density at radius 2 is 2.00 bits per heavy atom. The van der Waals surface area contributed by atoms with Gasteiger partial charge >= 0.3 is 5.97 Å². The van der Waals surface area contributed by atoms with Crippen LogP contribution >= 0.6 is 0 Å². The van der Waals surface area contributed by atoms with Crippen LogP contribution in [0.2, 0.25) is 0 Å². The maximum absolute atomic E-state index is 13.4. The van der Waals surface area contributed by atoms with Crippen LogP contribution in [0.1, 0.15) is 5.56 Å². The summed E-state index contributed by atoms with van der Waals surface area (Å²) < 4.78 is 26.1. The van der Waals surface area contributed by atoms with E-state index in [2.05, 4.69) is 4.84 Å². The Bertz CT molecular complexity index is 559. The number of carbonyl (C=O) groups is 2. The average Bonchev–Trinajstić information content (AvgIpc) is 2.37. The zero-order chi connectivity index (χ0) is 15.3. The predicted molar refractivity (Wildman–Crippen MR) is 62.3 cm³/mol. The highest BCUT2D eigenvalue weighted by molar-refractivity contribution is 5.95. The van der Waals surface area contributed by atoms with Gasteiger partial charge in [0.15, 0.2) is 0 Å². The van der Waals surface area contributed by atoms with E-state index in [0.29, 0.717) is 17.2 Å². The van der Waals surface area contributed by atoms with Crippen molar-refractivity contribution in [3.63, 3.8) is 0 Å². The molecule has 0 aliphatic rings. The zero-order valence-electron chi connectivity index (χ0n) is 10.3. The van der Waals surface area contributed by atoms with Crippen molar-refractivity contribution in [3.05, 3.63) is 47.2 Å². The lowest BCUT2D eigenvalue weighted by molar-refractivity contribution is -0.173. The SMILES string of the molecule is CON(Cc1ccc(F)cc1F)C(=O)C=C(O)C(=O)O. The molecule has 0 aliphatic heterocycles. The van der Waals surface area contributed by atoms with Crippen molar-refractivity contribution in [1.82, 2.24) is 5.06 Å². The normalized spacial score (nSPS) is 11.2. The number of carboxylic acids is 1. The predicted octanol–water partition coefficient (Wildman–Crippen LogP) is 1.38. The van der Waals surface area contributed by atoms with Crippen molar-refractivity contribution in [3.8, 4) is 0 Å². The molecule has 108 valence electrons. The lowest BCUT2D eigenvalue weighted by Gasteiger charge is -2.18. The number of halogens is 2. The fourth-order valence-corrected chi connectivity index (χ4v) is 1.29. The van der Waals surface area contributed by atoms with Gasteiger partial charge in [-0.1, -0.05) is 6.07 Å². The van der Waals surface area contributed by atoms with Crippen molar-refractivity contribution in [2.45, 2.75) is 6.54 Å². The number of aliphatic hydroxyl groups excluding tert-OH is 1. The molecule has 1 aromatic carbocycles. The van der Waals surface area contributed by atoms with E-state index in [9.17, 15) is 18.4 Å². The number of hydrogen-bond acceptors (Lipinski definition) is 4. The van der Waals surface area contributed by atoms with Gasteiger partial charge in [0.2, 0.25) is 5.76 Å². The van der Waals surface area contributed by atoms with Gasteiger partial charge in [-0.25, -0.2) is 18.6 Å². The van der Waals surface area contributed by atoms with Gasteiger partial charge in [-0.3, -0.25) is 9.63 Å². The first kappa shape index (κ1) is 15.6. The first-order valence-electron chi connectivity index (χ1n) is 5.28. The van der Waals surface area contributed by atoms with Crippen LogP contribution in [-0.4, -0.2) is 34.3 Å². The fourth-order valence-electron chi connectivity index (χ4n) is 1.29. The fraction of sp³-hybridized carbons (Fsp3) is 0.167. The number of benzene rings is 1. The monoisotopic (exact) mass is 287 g/mol. The minimum Gasteiger partial charge on any atom is -0.502 e. The first-order valence-corrected chi connectivity index (χ1v) is 5.28. The van der Waals surface area contributed by atoms with Crippen LogP contribution in [0.4, 0.5) is 8.78 Å². The number of carbonyl (C=O) groups excluding carboxylic acids is 1. The average molecular weight is 287 g/mol. The highest BCUT2D eigenvalue weighted by atomic mass is 19.1. The Labute approximate surface area is 112 Å². The molecule has 0 aromatic heterocycles. The van der Waals surface area contributed by atoms with Crippen LogP contribution in [0, 0.1) is 11.6 Å². The van der Waals surface area contributed by atoms with Gasteiger partial charge in [-0.15, -0.1) is 0 Å². The molecule has 6 nitrogen and oxygen atoms in total. The minimum atomic E-state index is -1.69. The molecule has 0 saturated carbocycles. The maximum Gasteiger partial charge on any atom is 0.371 e. The molecule has 1 rings (SSSR count). The van der Waals surface area contributed by atoms with Gasteiger partial charge in [0.1, 0.15) is 11.6 Å². The molecule has 0 atom stereocenters. The minimum absolute atomic E-state index is 0.0372. The Hall–Kier alpha value is -2.48. The molecule has 0 fully saturated rings. The van der Waals surface area contributed by atoms with Gasteiger partial charge in [-0.2, -0.15) is 0 Å². The molecule has 0 radical (unpaired) electrons. The molecule has 1 amide bonds. The van der Waals surface area contributed by atoms with Crippen LogP contribution in [0.15, 0.2) is 30.0 Å². The van der Waals surface area contributed by atoms with Gasteiger partial charge in [0.25, 0.3) is 5.91 Å². The van der Waals surface area contributed by atoms with Crippen molar-refractivity contribution in [1.29, 1.82) is 0 Å². The smallest absolute Gasteiger partial charge is 0.371 e. The summed E-state index contributed by atoms with van der Waals surface area (Å²) in [6, 6.07) is 2.75. The number of carboxylic acid groups (broad SMARTS) is 1. The quantitative estimate of drug-likeness (QED) is 0.485. The van der Waals surface area contributed by atoms with Crippen LogP contribution in [0.3, 0.4) is 0 Å². The molecule has 0 unspecified atom stereocenters. The van der Waals surface area contributed by atoms with E-state index in [1.807, 2.05) is 0 Å². The van der Waals surface area contributed by atoms with E-state index in [1.54, 1.807) is 0 Å². The molecule has 1 aromatic rings. The molecule has 0 heterocycles. The van der Waals surface area contributed by atoms with Gasteiger partial charge < -0.3 is 10.2 Å². The van der Waals surface area contributed by atoms with E-state index in [4.69, 9.17) is 10.2 Å². The summed E-state index contributed by atoms with van der Waals surface area (Å²) in [6.07, 6.45) is 0.410. The van der Waals surface area contributed by atoms with Crippen LogP contribution < -0.4 is 0 Å². The molecule has 0 spiro atoms. The van der Waals surface area contributed by atoms with E-state index < -0.39 is 29.3 Å². The first-order chi connectivity index (χ1) is 9.35. The third kappa shape index (κ3) is 4.02. The summed E-state index contributed by atoms with van der Waals surface area (Å²) in [7, 11) is 1.10. The van der Waals surface area contributed by atoms with Gasteiger partial charge in [0.05, 0.1) is 19.7 Å². The number of aliphatic carboxylic acids is 1. The summed E-state index contributed by atoms with van der Waals surface area (Å²) in [5, 5.41) is 18.0. The van der Waals surface area contributed by atoms with E-state index in [1.165, 1.54) is 0 Å². The van der Waals surface area contributed by atoms with E-state index >= 15 is 0 Å². The number of nitrogens with zero attached hydrogens (tertiary/aromatic N) is 1. The second-order valence-electron chi connectivity index (χ2n) is 3.63.